The molecular weight excluding hydrogens is 223 g/mol. The first-order chi connectivity index (χ1) is 7.65. The molecule has 0 heterocycles. The molecule has 1 aromatic rings. The molecule has 0 aromatic heterocycles. The number of nitrogens with one attached hydrogen (secondary N) is 1. The summed E-state index contributed by atoms with van der Waals surface area (Å²) >= 11 is 1.59. The highest BCUT2D eigenvalue weighted by molar-refractivity contribution is 7.99. The van der Waals surface area contributed by atoms with Gasteiger partial charge < -0.3 is 10.2 Å². The molecule has 0 aliphatic rings. The summed E-state index contributed by atoms with van der Waals surface area (Å²) < 4.78 is 13.6. The summed E-state index contributed by atoms with van der Waals surface area (Å²) in [7, 11) is 5.92. The van der Waals surface area contributed by atoms with Crippen LogP contribution in [-0.2, 0) is 6.54 Å². The van der Waals surface area contributed by atoms with Crippen LogP contribution in [0.1, 0.15) is 5.56 Å². The van der Waals surface area contributed by atoms with Crippen molar-refractivity contribution in [3.63, 3.8) is 0 Å². The summed E-state index contributed by atoms with van der Waals surface area (Å²) in [5, 5.41) is 3.06. The Morgan fingerprint density at radius 3 is 2.75 bits per heavy atom. The third-order valence-corrected chi connectivity index (χ3v) is 3.33. The maximum Gasteiger partial charge on any atom is 0.137 e. The minimum Gasteiger partial charge on any atom is -0.316 e. The Hall–Kier alpha value is -0.580. The molecule has 1 N–H and O–H groups in total. The van der Waals surface area contributed by atoms with Crippen LogP contribution in [0.2, 0.25) is 0 Å². The van der Waals surface area contributed by atoms with Crippen molar-refractivity contribution in [2.45, 2.75) is 11.4 Å². The molecule has 4 heteroatoms. The van der Waals surface area contributed by atoms with Gasteiger partial charge in [0.2, 0.25) is 0 Å². The fraction of sp³-hybridized carbons (Fsp3) is 0.500. The second kappa shape index (κ2) is 6.89. The lowest BCUT2D eigenvalue weighted by atomic mass is 10.2. The minimum absolute atomic E-state index is 0.114. The van der Waals surface area contributed by atoms with Crippen molar-refractivity contribution in [3.05, 3.63) is 29.6 Å². The zero-order chi connectivity index (χ0) is 12.0. The number of thioether (sulfide) groups is 1. The summed E-state index contributed by atoms with van der Waals surface area (Å²) in [5.74, 6) is 0.793. The molecule has 0 saturated carbocycles. The van der Waals surface area contributed by atoms with E-state index in [1.54, 1.807) is 17.8 Å². The number of rotatable bonds is 6. The maximum atomic E-state index is 13.6. The van der Waals surface area contributed by atoms with E-state index in [4.69, 9.17) is 0 Å². The predicted molar refractivity (Wildman–Crippen MR) is 68.4 cm³/mol. The molecule has 0 aliphatic heterocycles. The molecule has 1 aromatic carbocycles. The third kappa shape index (κ3) is 4.12. The van der Waals surface area contributed by atoms with Crippen molar-refractivity contribution in [2.24, 2.45) is 0 Å². The Balaban J connectivity index is 2.68. The zero-order valence-electron chi connectivity index (χ0n) is 10.1. The van der Waals surface area contributed by atoms with Crippen LogP contribution in [0.5, 0.6) is 0 Å². The molecule has 0 aliphatic carbocycles. The number of benzene rings is 1. The van der Waals surface area contributed by atoms with Gasteiger partial charge in [0.05, 0.1) is 0 Å². The van der Waals surface area contributed by atoms with Crippen LogP contribution in [0.25, 0.3) is 0 Å². The van der Waals surface area contributed by atoms with Gasteiger partial charge in [-0.3, -0.25) is 0 Å². The van der Waals surface area contributed by atoms with E-state index in [-0.39, 0.29) is 5.82 Å². The van der Waals surface area contributed by atoms with Crippen LogP contribution >= 0.6 is 11.8 Å². The highest BCUT2D eigenvalue weighted by Gasteiger charge is 2.08. The van der Waals surface area contributed by atoms with Gasteiger partial charge in [-0.2, -0.15) is 0 Å². The molecule has 0 spiro atoms. The topological polar surface area (TPSA) is 15.3 Å². The smallest absolute Gasteiger partial charge is 0.137 e. The SMILES string of the molecule is CNCc1cccc(F)c1SCCN(C)C. The number of hydrogen-bond acceptors (Lipinski definition) is 3. The van der Waals surface area contributed by atoms with Gasteiger partial charge in [0.1, 0.15) is 5.82 Å². The average molecular weight is 242 g/mol. The molecular formula is C12H19FN2S. The van der Waals surface area contributed by atoms with E-state index in [2.05, 4.69) is 10.2 Å². The van der Waals surface area contributed by atoms with Gasteiger partial charge in [-0.25, -0.2) is 4.39 Å². The Labute approximate surface area is 101 Å². The predicted octanol–water partition coefficient (Wildman–Crippen LogP) is 2.20. The van der Waals surface area contributed by atoms with E-state index in [0.29, 0.717) is 6.54 Å². The van der Waals surface area contributed by atoms with Crippen molar-refractivity contribution in [1.82, 2.24) is 10.2 Å². The van der Waals surface area contributed by atoms with E-state index >= 15 is 0 Å². The van der Waals surface area contributed by atoms with Crippen molar-refractivity contribution >= 4 is 11.8 Å². The fourth-order valence-corrected chi connectivity index (χ4v) is 2.57. The molecule has 0 radical (unpaired) electrons. The fourth-order valence-electron chi connectivity index (χ4n) is 1.38. The van der Waals surface area contributed by atoms with Crippen LogP contribution in [0.15, 0.2) is 23.1 Å². The lowest BCUT2D eigenvalue weighted by Crippen LogP contribution is -2.15. The van der Waals surface area contributed by atoms with Gasteiger partial charge in [0.15, 0.2) is 0 Å². The number of hydrogen-bond donors (Lipinski definition) is 1. The van der Waals surface area contributed by atoms with Crippen LogP contribution < -0.4 is 5.32 Å². The van der Waals surface area contributed by atoms with Crippen LogP contribution in [0.4, 0.5) is 4.39 Å². The summed E-state index contributed by atoms with van der Waals surface area (Å²) in [6.07, 6.45) is 0. The summed E-state index contributed by atoms with van der Waals surface area (Å²) in [5.41, 5.74) is 1.03. The van der Waals surface area contributed by atoms with Gasteiger partial charge in [-0.05, 0) is 32.8 Å². The van der Waals surface area contributed by atoms with Gasteiger partial charge in [0, 0.05) is 23.7 Å². The zero-order valence-corrected chi connectivity index (χ0v) is 10.9. The third-order valence-electron chi connectivity index (χ3n) is 2.20. The Morgan fingerprint density at radius 2 is 2.12 bits per heavy atom. The second-order valence-electron chi connectivity index (χ2n) is 3.91. The number of halogens is 1. The van der Waals surface area contributed by atoms with Crippen LogP contribution in [0.3, 0.4) is 0 Å². The Kier molecular flexibility index (Phi) is 5.80. The van der Waals surface area contributed by atoms with Crippen molar-refractivity contribution in [2.75, 3.05) is 33.4 Å². The summed E-state index contributed by atoms with van der Waals surface area (Å²) in [6, 6.07) is 5.26. The first-order valence-electron chi connectivity index (χ1n) is 5.34. The Bertz CT molecular complexity index is 329. The van der Waals surface area contributed by atoms with E-state index in [0.717, 1.165) is 22.8 Å². The standard InChI is InChI=1S/C12H19FN2S/c1-14-9-10-5-4-6-11(13)12(10)16-8-7-15(2)3/h4-6,14H,7-9H2,1-3H3. The normalized spacial score (nSPS) is 11.1. The second-order valence-corrected chi connectivity index (χ2v) is 5.02. The first kappa shape index (κ1) is 13.5. The average Bonchev–Trinajstić information content (AvgIpc) is 2.22. The maximum absolute atomic E-state index is 13.6. The molecule has 2 nitrogen and oxygen atoms in total. The van der Waals surface area contributed by atoms with Gasteiger partial charge in [0.25, 0.3) is 0 Å². The Morgan fingerprint density at radius 1 is 1.38 bits per heavy atom. The van der Waals surface area contributed by atoms with Crippen LogP contribution in [-0.4, -0.2) is 38.3 Å². The van der Waals surface area contributed by atoms with Crippen molar-refractivity contribution < 1.29 is 4.39 Å². The van der Waals surface area contributed by atoms with Crippen molar-refractivity contribution in [1.29, 1.82) is 0 Å². The molecule has 1 rings (SSSR count). The lowest BCUT2D eigenvalue weighted by molar-refractivity contribution is 0.437. The largest absolute Gasteiger partial charge is 0.316 e. The van der Waals surface area contributed by atoms with E-state index in [1.165, 1.54) is 6.07 Å². The summed E-state index contributed by atoms with van der Waals surface area (Å²) in [4.78, 5) is 2.88. The molecule has 0 atom stereocenters. The summed E-state index contributed by atoms with van der Waals surface area (Å²) in [6.45, 7) is 1.67. The molecule has 0 unspecified atom stereocenters. The highest BCUT2D eigenvalue weighted by Crippen LogP contribution is 2.25. The van der Waals surface area contributed by atoms with E-state index in [9.17, 15) is 4.39 Å². The molecule has 0 amide bonds. The van der Waals surface area contributed by atoms with Gasteiger partial charge in [-0.1, -0.05) is 12.1 Å². The lowest BCUT2D eigenvalue weighted by Gasteiger charge is -2.12. The molecule has 0 saturated heterocycles. The van der Waals surface area contributed by atoms with Crippen LogP contribution in [0, 0.1) is 5.82 Å². The van der Waals surface area contributed by atoms with E-state index < -0.39 is 0 Å². The number of nitrogens with zero attached hydrogens (tertiary/aromatic N) is 1. The monoisotopic (exact) mass is 242 g/mol. The van der Waals surface area contributed by atoms with Gasteiger partial charge >= 0.3 is 0 Å². The molecule has 16 heavy (non-hydrogen) atoms. The highest BCUT2D eigenvalue weighted by atomic mass is 32.2. The minimum atomic E-state index is -0.114. The van der Waals surface area contributed by atoms with Gasteiger partial charge in [-0.15, -0.1) is 11.8 Å². The first-order valence-corrected chi connectivity index (χ1v) is 6.33. The van der Waals surface area contributed by atoms with E-state index in [1.807, 2.05) is 27.2 Å². The molecule has 90 valence electrons. The molecule has 0 fully saturated rings. The van der Waals surface area contributed by atoms with Crippen molar-refractivity contribution in [3.8, 4) is 0 Å². The molecule has 0 bridgehead atoms. The quantitative estimate of drug-likeness (QED) is 0.770.